The zero-order valence-corrected chi connectivity index (χ0v) is 9.20. The van der Waals surface area contributed by atoms with Crippen LogP contribution in [0.25, 0.3) is 0 Å². The molecule has 1 aliphatic rings. The van der Waals surface area contributed by atoms with Gasteiger partial charge in [0, 0.05) is 12.6 Å². The molecule has 0 aromatic heterocycles. The Morgan fingerprint density at radius 3 is 2.67 bits per heavy atom. The molecular weight excluding hydrogens is 191 g/mol. The van der Waals surface area contributed by atoms with E-state index in [-0.39, 0.29) is 5.82 Å². The van der Waals surface area contributed by atoms with E-state index >= 15 is 0 Å². The van der Waals surface area contributed by atoms with Gasteiger partial charge in [0.15, 0.2) is 0 Å². The smallest absolute Gasteiger partial charge is 0.125 e. The van der Waals surface area contributed by atoms with E-state index in [1.165, 1.54) is 18.6 Å². The van der Waals surface area contributed by atoms with Gasteiger partial charge in [-0.3, -0.25) is 0 Å². The predicted molar refractivity (Wildman–Crippen MR) is 61.4 cm³/mol. The number of benzene rings is 1. The molecule has 0 aliphatic carbocycles. The molecule has 1 fully saturated rings. The van der Waals surface area contributed by atoms with Crippen molar-refractivity contribution in [3.05, 3.63) is 24.0 Å². The van der Waals surface area contributed by atoms with Crippen LogP contribution in [-0.4, -0.2) is 12.6 Å². The van der Waals surface area contributed by atoms with Crippen molar-refractivity contribution in [2.24, 2.45) is 5.92 Å². The Morgan fingerprint density at radius 2 is 2.13 bits per heavy atom. The topological polar surface area (TPSA) is 29.3 Å². The molecule has 0 radical (unpaired) electrons. The van der Waals surface area contributed by atoms with Crippen LogP contribution in [-0.2, 0) is 0 Å². The summed E-state index contributed by atoms with van der Waals surface area (Å²) >= 11 is 0. The van der Waals surface area contributed by atoms with Crippen molar-refractivity contribution in [2.45, 2.75) is 26.3 Å². The van der Waals surface area contributed by atoms with Gasteiger partial charge in [-0.1, -0.05) is 6.92 Å². The van der Waals surface area contributed by atoms with Crippen LogP contribution in [0.3, 0.4) is 0 Å². The minimum Gasteiger partial charge on any atom is -0.397 e. The number of hydrogen-bond donors (Lipinski definition) is 1. The normalized spacial score (nSPS) is 25.9. The van der Waals surface area contributed by atoms with Gasteiger partial charge in [0.05, 0.1) is 11.4 Å². The molecule has 0 amide bonds. The van der Waals surface area contributed by atoms with Gasteiger partial charge >= 0.3 is 0 Å². The van der Waals surface area contributed by atoms with E-state index in [0.717, 1.165) is 12.2 Å². The molecule has 1 aromatic carbocycles. The molecule has 2 rings (SSSR count). The van der Waals surface area contributed by atoms with E-state index in [4.69, 9.17) is 5.73 Å². The van der Waals surface area contributed by atoms with Gasteiger partial charge in [-0.15, -0.1) is 0 Å². The van der Waals surface area contributed by atoms with E-state index in [1.54, 1.807) is 6.07 Å². The van der Waals surface area contributed by atoms with Crippen LogP contribution in [0, 0.1) is 11.7 Å². The Morgan fingerprint density at radius 1 is 1.40 bits per heavy atom. The number of anilines is 2. The van der Waals surface area contributed by atoms with Gasteiger partial charge in [0.1, 0.15) is 5.82 Å². The number of hydrogen-bond acceptors (Lipinski definition) is 2. The fraction of sp³-hybridized carbons (Fsp3) is 0.500. The van der Waals surface area contributed by atoms with Gasteiger partial charge < -0.3 is 10.6 Å². The number of nitrogen functional groups attached to an aromatic ring is 1. The quantitative estimate of drug-likeness (QED) is 0.719. The molecule has 2 unspecified atom stereocenters. The molecule has 0 saturated carbocycles. The lowest BCUT2D eigenvalue weighted by Crippen LogP contribution is -2.27. The van der Waals surface area contributed by atoms with Crippen molar-refractivity contribution >= 4 is 11.4 Å². The van der Waals surface area contributed by atoms with Crippen LogP contribution in [0.2, 0.25) is 0 Å². The molecule has 1 aliphatic heterocycles. The first-order valence-corrected chi connectivity index (χ1v) is 5.39. The lowest BCUT2D eigenvalue weighted by atomic mass is 10.1. The second-order valence-corrected chi connectivity index (χ2v) is 4.55. The molecule has 15 heavy (non-hydrogen) atoms. The third-order valence-corrected chi connectivity index (χ3v) is 3.08. The molecular formula is C12H17FN2. The second-order valence-electron chi connectivity index (χ2n) is 4.55. The van der Waals surface area contributed by atoms with E-state index in [0.29, 0.717) is 17.6 Å². The Hall–Kier alpha value is -1.25. The summed E-state index contributed by atoms with van der Waals surface area (Å²) in [5, 5.41) is 0. The molecule has 0 bridgehead atoms. The molecule has 3 heteroatoms. The standard InChI is InChI=1S/C12H17FN2/c1-8-5-9(2)15(7-8)12-4-3-10(13)6-11(12)14/h3-4,6,8-9H,5,7,14H2,1-2H3. The maximum absolute atomic E-state index is 12.9. The Kier molecular flexibility index (Phi) is 2.55. The largest absolute Gasteiger partial charge is 0.397 e. The fourth-order valence-corrected chi connectivity index (χ4v) is 2.42. The van der Waals surface area contributed by atoms with Crippen molar-refractivity contribution in [2.75, 3.05) is 17.2 Å². The zero-order valence-electron chi connectivity index (χ0n) is 9.20. The maximum atomic E-state index is 12.9. The summed E-state index contributed by atoms with van der Waals surface area (Å²) < 4.78 is 12.9. The molecule has 1 aromatic rings. The monoisotopic (exact) mass is 208 g/mol. The van der Waals surface area contributed by atoms with Crippen LogP contribution in [0.15, 0.2) is 18.2 Å². The SMILES string of the molecule is CC1CC(C)N(c2ccc(F)cc2N)C1. The highest BCUT2D eigenvalue weighted by molar-refractivity contribution is 5.68. The molecule has 2 atom stereocenters. The van der Waals surface area contributed by atoms with Crippen LogP contribution in [0.4, 0.5) is 15.8 Å². The Bertz CT molecular complexity index is 365. The van der Waals surface area contributed by atoms with Gasteiger partial charge in [0.25, 0.3) is 0 Å². The summed E-state index contributed by atoms with van der Waals surface area (Å²) in [6.45, 7) is 5.43. The highest BCUT2D eigenvalue weighted by Crippen LogP contribution is 2.32. The highest BCUT2D eigenvalue weighted by atomic mass is 19.1. The van der Waals surface area contributed by atoms with E-state index < -0.39 is 0 Å². The van der Waals surface area contributed by atoms with Crippen LogP contribution in [0.1, 0.15) is 20.3 Å². The fourth-order valence-electron chi connectivity index (χ4n) is 2.42. The zero-order chi connectivity index (χ0) is 11.0. The number of halogens is 1. The summed E-state index contributed by atoms with van der Waals surface area (Å²) in [6, 6.07) is 5.14. The van der Waals surface area contributed by atoms with Gasteiger partial charge in [-0.2, -0.15) is 0 Å². The highest BCUT2D eigenvalue weighted by Gasteiger charge is 2.27. The number of nitrogens with zero attached hydrogens (tertiary/aromatic N) is 1. The van der Waals surface area contributed by atoms with Crippen molar-refractivity contribution in [1.82, 2.24) is 0 Å². The molecule has 82 valence electrons. The van der Waals surface area contributed by atoms with Gasteiger partial charge in [-0.05, 0) is 37.5 Å². The average molecular weight is 208 g/mol. The number of rotatable bonds is 1. The molecule has 2 N–H and O–H groups in total. The lowest BCUT2D eigenvalue weighted by molar-refractivity contribution is 0.624. The summed E-state index contributed by atoms with van der Waals surface area (Å²) in [5.41, 5.74) is 7.33. The van der Waals surface area contributed by atoms with Crippen molar-refractivity contribution in [1.29, 1.82) is 0 Å². The number of nitrogens with two attached hydrogens (primary N) is 1. The Balaban J connectivity index is 2.29. The summed E-state index contributed by atoms with van der Waals surface area (Å²) in [4.78, 5) is 2.26. The maximum Gasteiger partial charge on any atom is 0.125 e. The van der Waals surface area contributed by atoms with Crippen LogP contribution in [0.5, 0.6) is 0 Å². The molecule has 1 saturated heterocycles. The summed E-state index contributed by atoms with van der Waals surface area (Å²) in [5.74, 6) is 0.417. The summed E-state index contributed by atoms with van der Waals surface area (Å²) in [6.07, 6.45) is 1.18. The van der Waals surface area contributed by atoms with E-state index in [9.17, 15) is 4.39 Å². The minimum absolute atomic E-state index is 0.267. The van der Waals surface area contributed by atoms with Crippen molar-refractivity contribution < 1.29 is 4.39 Å². The first-order valence-electron chi connectivity index (χ1n) is 5.39. The molecule has 2 nitrogen and oxygen atoms in total. The van der Waals surface area contributed by atoms with Crippen LogP contribution >= 0.6 is 0 Å². The predicted octanol–water partition coefficient (Wildman–Crippen LogP) is 2.64. The minimum atomic E-state index is -0.267. The Labute approximate surface area is 89.9 Å². The van der Waals surface area contributed by atoms with Gasteiger partial charge in [0.2, 0.25) is 0 Å². The average Bonchev–Trinajstić information content (AvgIpc) is 2.45. The van der Waals surface area contributed by atoms with E-state index in [2.05, 4.69) is 18.7 Å². The van der Waals surface area contributed by atoms with Crippen LogP contribution < -0.4 is 10.6 Å². The van der Waals surface area contributed by atoms with Crippen molar-refractivity contribution in [3.63, 3.8) is 0 Å². The van der Waals surface area contributed by atoms with Gasteiger partial charge in [-0.25, -0.2) is 4.39 Å². The lowest BCUT2D eigenvalue weighted by Gasteiger charge is -2.25. The molecule has 1 heterocycles. The first-order chi connectivity index (χ1) is 7.08. The third-order valence-electron chi connectivity index (χ3n) is 3.08. The first kappa shape index (κ1) is 10.3. The molecule has 0 spiro atoms. The second kappa shape index (κ2) is 3.72. The van der Waals surface area contributed by atoms with E-state index in [1.807, 2.05) is 0 Å². The third kappa shape index (κ3) is 1.91. The van der Waals surface area contributed by atoms with Crippen molar-refractivity contribution in [3.8, 4) is 0 Å². The summed E-state index contributed by atoms with van der Waals surface area (Å²) in [7, 11) is 0.